The summed E-state index contributed by atoms with van der Waals surface area (Å²) in [6, 6.07) is 7.51. The first-order valence-electron chi connectivity index (χ1n) is 9.67. The predicted molar refractivity (Wildman–Crippen MR) is 102 cm³/mol. The molecular weight excluding hydrogens is 328 g/mol. The van der Waals surface area contributed by atoms with E-state index >= 15 is 0 Å². The second kappa shape index (κ2) is 8.88. The average molecular weight is 356 g/mol. The van der Waals surface area contributed by atoms with E-state index in [1.54, 1.807) is 4.90 Å². The second-order valence-electron chi connectivity index (χ2n) is 6.96. The molecule has 5 heteroatoms. The minimum atomic E-state index is -0.294. The summed E-state index contributed by atoms with van der Waals surface area (Å²) in [5.74, 6) is 0.351. The quantitative estimate of drug-likeness (QED) is 0.761. The molecule has 0 spiro atoms. The van der Waals surface area contributed by atoms with Crippen molar-refractivity contribution in [3.05, 3.63) is 35.9 Å². The monoisotopic (exact) mass is 356 g/mol. The number of allylic oxidation sites excluding steroid dienone is 1. The SMILES string of the molecule is CCOc1ccccc1N1C[C@H](C(=O)NCCC2=CCCCC2)CC1=O. The number of benzene rings is 1. The lowest BCUT2D eigenvalue weighted by Gasteiger charge is -2.20. The number of rotatable bonds is 7. The first-order valence-corrected chi connectivity index (χ1v) is 9.67. The zero-order chi connectivity index (χ0) is 18.4. The Hall–Kier alpha value is -2.30. The molecule has 0 aromatic heterocycles. The Labute approximate surface area is 155 Å². The first-order chi connectivity index (χ1) is 12.7. The van der Waals surface area contributed by atoms with Crippen LogP contribution in [0.5, 0.6) is 5.75 Å². The third-order valence-electron chi connectivity index (χ3n) is 5.08. The molecule has 1 N–H and O–H groups in total. The van der Waals surface area contributed by atoms with Gasteiger partial charge in [0.05, 0.1) is 18.2 Å². The predicted octanol–water partition coefficient (Wildman–Crippen LogP) is 3.44. The summed E-state index contributed by atoms with van der Waals surface area (Å²) >= 11 is 0. The van der Waals surface area contributed by atoms with Crippen LogP contribution in [0.3, 0.4) is 0 Å². The van der Waals surface area contributed by atoms with Gasteiger partial charge >= 0.3 is 0 Å². The maximum atomic E-state index is 12.5. The van der Waals surface area contributed by atoms with E-state index in [-0.39, 0.29) is 24.2 Å². The molecule has 140 valence electrons. The van der Waals surface area contributed by atoms with E-state index in [1.807, 2.05) is 31.2 Å². The summed E-state index contributed by atoms with van der Waals surface area (Å²) in [5, 5.41) is 3.01. The number of hydrogen-bond donors (Lipinski definition) is 1. The first kappa shape index (κ1) is 18.5. The lowest BCUT2D eigenvalue weighted by molar-refractivity contribution is -0.126. The molecule has 3 rings (SSSR count). The summed E-state index contributed by atoms with van der Waals surface area (Å²) in [5.41, 5.74) is 2.20. The summed E-state index contributed by atoms with van der Waals surface area (Å²) in [6.45, 7) is 3.53. The minimum Gasteiger partial charge on any atom is -0.492 e. The molecule has 0 saturated carbocycles. The average Bonchev–Trinajstić information content (AvgIpc) is 3.05. The molecule has 0 bridgehead atoms. The molecule has 1 atom stereocenters. The van der Waals surface area contributed by atoms with Crippen LogP contribution < -0.4 is 15.0 Å². The molecule has 1 saturated heterocycles. The van der Waals surface area contributed by atoms with Crippen LogP contribution in [0.2, 0.25) is 0 Å². The van der Waals surface area contributed by atoms with Crippen LogP contribution in [0.15, 0.2) is 35.9 Å². The van der Waals surface area contributed by atoms with Crippen LogP contribution >= 0.6 is 0 Å². The number of para-hydroxylation sites is 2. The zero-order valence-corrected chi connectivity index (χ0v) is 15.5. The number of hydrogen-bond acceptors (Lipinski definition) is 3. The Morgan fingerprint density at radius 3 is 2.92 bits per heavy atom. The van der Waals surface area contributed by atoms with Gasteiger partial charge in [0.15, 0.2) is 0 Å². The maximum Gasteiger partial charge on any atom is 0.227 e. The Bertz CT molecular complexity index is 684. The van der Waals surface area contributed by atoms with Gasteiger partial charge in [-0.25, -0.2) is 0 Å². The van der Waals surface area contributed by atoms with E-state index in [0.717, 1.165) is 24.9 Å². The fraction of sp³-hybridized carbons (Fsp3) is 0.524. The fourth-order valence-corrected chi connectivity index (χ4v) is 3.70. The van der Waals surface area contributed by atoms with Crippen molar-refractivity contribution < 1.29 is 14.3 Å². The largest absolute Gasteiger partial charge is 0.492 e. The molecule has 1 aromatic carbocycles. The van der Waals surface area contributed by atoms with Crippen molar-refractivity contribution in [1.29, 1.82) is 0 Å². The van der Waals surface area contributed by atoms with Gasteiger partial charge in [0, 0.05) is 19.5 Å². The molecule has 5 nitrogen and oxygen atoms in total. The minimum absolute atomic E-state index is 0.0210. The molecule has 2 aliphatic rings. The van der Waals surface area contributed by atoms with Gasteiger partial charge in [-0.05, 0) is 51.2 Å². The number of carbonyl (C=O) groups excluding carboxylic acids is 2. The van der Waals surface area contributed by atoms with Crippen molar-refractivity contribution in [3.8, 4) is 5.75 Å². The smallest absolute Gasteiger partial charge is 0.227 e. The molecule has 26 heavy (non-hydrogen) atoms. The second-order valence-corrected chi connectivity index (χ2v) is 6.96. The van der Waals surface area contributed by atoms with Gasteiger partial charge in [0.25, 0.3) is 0 Å². The van der Waals surface area contributed by atoms with Gasteiger partial charge in [-0.2, -0.15) is 0 Å². The summed E-state index contributed by atoms with van der Waals surface area (Å²) < 4.78 is 5.62. The number of amides is 2. The molecule has 1 fully saturated rings. The summed E-state index contributed by atoms with van der Waals surface area (Å²) in [4.78, 5) is 26.6. The van der Waals surface area contributed by atoms with E-state index in [1.165, 1.54) is 18.4 Å². The van der Waals surface area contributed by atoms with Gasteiger partial charge in [-0.3, -0.25) is 9.59 Å². The molecule has 1 heterocycles. The fourth-order valence-electron chi connectivity index (χ4n) is 3.70. The number of nitrogens with zero attached hydrogens (tertiary/aromatic N) is 1. The highest BCUT2D eigenvalue weighted by atomic mass is 16.5. The van der Waals surface area contributed by atoms with E-state index in [2.05, 4.69) is 11.4 Å². The van der Waals surface area contributed by atoms with E-state index < -0.39 is 0 Å². The normalized spacial score (nSPS) is 20.0. The number of anilines is 1. The van der Waals surface area contributed by atoms with E-state index in [0.29, 0.717) is 25.4 Å². The van der Waals surface area contributed by atoms with Crippen LogP contribution in [-0.4, -0.2) is 31.5 Å². The molecule has 2 amide bonds. The van der Waals surface area contributed by atoms with Crippen molar-refractivity contribution in [3.63, 3.8) is 0 Å². The summed E-state index contributed by atoms with van der Waals surface area (Å²) in [7, 11) is 0. The number of carbonyl (C=O) groups is 2. The lowest BCUT2D eigenvalue weighted by Crippen LogP contribution is -2.33. The Morgan fingerprint density at radius 2 is 2.15 bits per heavy atom. The Balaban J connectivity index is 1.55. The van der Waals surface area contributed by atoms with Crippen molar-refractivity contribution in [2.24, 2.45) is 5.92 Å². The number of nitrogens with one attached hydrogen (secondary N) is 1. The third kappa shape index (κ3) is 4.45. The maximum absolute atomic E-state index is 12.5. The molecule has 1 aliphatic heterocycles. The Morgan fingerprint density at radius 1 is 1.31 bits per heavy atom. The lowest BCUT2D eigenvalue weighted by atomic mass is 9.97. The van der Waals surface area contributed by atoms with Crippen LogP contribution in [0.1, 0.15) is 45.4 Å². The van der Waals surface area contributed by atoms with Crippen molar-refractivity contribution >= 4 is 17.5 Å². The molecule has 0 unspecified atom stereocenters. The van der Waals surface area contributed by atoms with Crippen LogP contribution in [0.25, 0.3) is 0 Å². The van der Waals surface area contributed by atoms with Gasteiger partial charge < -0.3 is 15.0 Å². The highest BCUT2D eigenvalue weighted by Crippen LogP contribution is 2.33. The van der Waals surface area contributed by atoms with Crippen molar-refractivity contribution in [1.82, 2.24) is 5.32 Å². The summed E-state index contributed by atoms with van der Waals surface area (Å²) in [6.07, 6.45) is 8.33. The Kier molecular flexibility index (Phi) is 6.31. The molecule has 0 radical (unpaired) electrons. The van der Waals surface area contributed by atoms with Gasteiger partial charge in [-0.1, -0.05) is 23.8 Å². The van der Waals surface area contributed by atoms with E-state index in [4.69, 9.17) is 4.74 Å². The topological polar surface area (TPSA) is 58.6 Å². The van der Waals surface area contributed by atoms with Gasteiger partial charge in [0.2, 0.25) is 11.8 Å². The molecule has 1 aliphatic carbocycles. The molecular formula is C21H28N2O3. The van der Waals surface area contributed by atoms with Gasteiger partial charge in [-0.15, -0.1) is 0 Å². The third-order valence-corrected chi connectivity index (χ3v) is 5.08. The molecule has 1 aromatic rings. The van der Waals surface area contributed by atoms with Crippen molar-refractivity contribution in [2.45, 2.75) is 45.4 Å². The zero-order valence-electron chi connectivity index (χ0n) is 15.5. The van der Waals surface area contributed by atoms with Gasteiger partial charge in [0.1, 0.15) is 5.75 Å². The highest BCUT2D eigenvalue weighted by molar-refractivity contribution is 6.01. The number of ether oxygens (including phenoxy) is 1. The van der Waals surface area contributed by atoms with Crippen LogP contribution in [-0.2, 0) is 9.59 Å². The standard InChI is InChI=1S/C21H28N2O3/c1-2-26-19-11-7-6-10-18(19)23-15-17(14-20(23)24)21(25)22-13-12-16-8-4-3-5-9-16/h6-8,10-11,17H,2-5,9,12-15H2,1H3,(H,22,25)/t17-/m1/s1. The highest BCUT2D eigenvalue weighted by Gasteiger charge is 2.36. The van der Waals surface area contributed by atoms with Crippen LogP contribution in [0, 0.1) is 5.92 Å². The van der Waals surface area contributed by atoms with Crippen molar-refractivity contribution in [2.75, 3.05) is 24.6 Å². The van der Waals surface area contributed by atoms with Crippen LogP contribution in [0.4, 0.5) is 5.69 Å². The van der Waals surface area contributed by atoms with E-state index in [9.17, 15) is 9.59 Å².